The third-order valence-corrected chi connectivity index (χ3v) is 6.05. The molecule has 1 aromatic rings. The Hall–Kier alpha value is -3.21. The van der Waals surface area contributed by atoms with Crippen molar-refractivity contribution in [3.63, 3.8) is 0 Å². The van der Waals surface area contributed by atoms with Gasteiger partial charge in [-0.25, -0.2) is 0 Å². The van der Waals surface area contributed by atoms with Crippen LogP contribution in [0.25, 0.3) is 0 Å². The van der Waals surface area contributed by atoms with Crippen LogP contribution in [0.5, 0.6) is 5.75 Å². The Bertz CT molecular complexity index is 1110. The van der Waals surface area contributed by atoms with Crippen LogP contribution in [0.2, 0.25) is 0 Å². The number of carbonyl (C=O) groups excluding carboxylic acids is 4. The van der Waals surface area contributed by atoms with Crippen LogP contribution in [0.3, 0.4) is 0 Å². The lowest BCUT2D eigenvalue weighted by molar-refractivity contribution is -0.293. The molecule has 0 aliphatic carbocycles. The fourth-order valence-electron chi connectivity index (χ4n) is 3.34. The Morgan fingerprint density at radius 1 is 0.643 bits per heavy atom. The third-order valence-electron chi connectivity index (χ3n) is 6.05. The van der Waals surface area contributed by atoms with Gasteiger partial charge in [-0.15, -0.1) is 0 Å². The zero-order valence-corrected chi connectivity index (χ0v) is 26.9. The van der Waals surface area contributed by atoms with E-state index in [1.54, 1.807) is 95.2 Å². The summed E-state index contributed by atoms with van der Waals surface area (Å²) < 4.78 is 35.7. The van der Waals surface area contributed by atoms with Gasteiger partial charge in [0.1, 0.15) is 18.5 Å². The van der Waals surface area contributed by atoms with Crippen LogP contribution in [0, 0.1) is 21.7 Å². The fraction of sp³-hybridized carbons (Fsp3) is 0.710. The minimum Gasteiger partial charge on any atom is -0.462 e. The van der Waals surface area contributed by atoms with Crippen molar-refractivity contribution in [1.82, 2.24) is 4.98 Å². The zero-order valence-electron chi connectivity index (χ0n) is 26.9. The van der Waals surface area contributed by atoms with Crippen LogP contribution in [0.1, 0.15) is 83.1 Å². The minimum atomic E-state index is -1.38. The van der Waals surface area contributed by atoms with E-state index in [0.717, 1.165) is 0 Å². The third kappa shape index (κ3) is 9.68. The molecule has 2 heterocycles. The second-order valence-corrected chi connectivity index (χ2v) is 14.6. The van der Waals surface area contributed by atoms with E-state index in [2.05, 4.69) is 4.98 Å². The molecule has 2 rings (SSSR count). The molecule has 0 saturated carbocycles. The average molecular weight is 594 g/mol. The quantitative estimate of drug-likeness (QED) is 0.323. The Balaban J connectivity index is 2.68. The summed E-state index contributed by atoms with van der Waals surface area (Å²) in [5, 5.41) is 0. The topological polar surface area (TPSA) is 137 Å². The summed E-state index contributed by atoms with van der Waals surface area (Å²) in [6.45, 7) is 19.7. The van der Waals surface area contributed by atoms with Crippen molar-refractivity contribution in [2.24, 2.45) is 21.7 Å². The molecule has 0 radical (unpaired) electrons. The molecule has 1 aromatic heterocycles. The molecule has 1 aliphatic heterocycles. The molecular formula is C31H47NO10. The lowest BCUT2D eigenvalue weighted by atomic mass is 9.93. The molecule has 1 fully saturated rings. The van der Waals surface area contributed by atoms with Crippen LogP contribution in [-0.4, -0.2) is 66.2 Å². The summed E-state index contributed by atoms with van der Waals surface area (Å²) in [5.41, 5.74) is -3.70. The standard InChI is InChI=1S/C31H47NO10/c1-28(2,3)24(33)37-17-19-20(40-25(34)29(4,5)6)21(41-26(35)30(7,8)9)22(42-27(36)31(10,11)12)23(39-19)38-18-13-15-32-16-14-18/h13-16,19-23H,17H2,1-12H3/t19-,20-,21+,22+,23+/m0/s1. The van der Waals surface area contributed by atoms with Crippen molar-refractivity contribution >= 4 is 23.9 Å². The highest BCUT2D eigenvalue weighted by Gasteiger charge is 2.55. The van der Waals surface area contributed by atoms with Gasteiger partial charge in [0.2, 0.25) is 12.4 Å². The lowest BCUT2D eigenvalue weighted by Gasteiger charge is -2.45. The highest BCUT2D eigenvalue weighted by Crippen LogP contribution is 2.35. The average Bonchev–Trinajstić information content (AvgIpc) is 2.84. The zero-order chi connectivity index (χ0) is 32.3. The van der Waals surface area contributed by atoms with Gasteiger partial charge < -0.3 is 28.4 Å². The van der Waals surface area contributed by atoms with E-state index in [4.69, 9.17) is 28.4 Å². The number of pyridine rings is 1. The summed E-state index contributed by atoms with van der Waals surface area (Å²) >= 11 is 0. The first-order chi connectivity index (χ1) is 19.0. The number of rotatable bonds is 7. The summed E-state index contributed by atoms with van der Waals surface area (Å²) in [5.74, 6) is -2.10. The van der Waals surface area contributed by atoms with Gasteiger partial charge in [-0.1, -0.05) is 0 Å². The molecule has 236 valence electrons. The molecule has 5 atom stereocenters. The molecule has 0 unspecified atom stereocenters. The first-order valence-corrected chi connectivity index (χ1v) is 14.0. The van der Waals surface area contributed by atoms with E-state index in [-0.39, 0.29) is 6.61 Å². The van der Waals surface area contributed by atoms with Gasteiger partial charge in [-0.05, 0) is 95.2 Å². The molecule has 0 spiro atoms. The van der Waals surface area contributed by atoms with Crippen molar-refractivity contribution in [3.8, 4) is 5.75 Å². The van der Waals surface area contributed by atoms with Crippen LogP contribution in [0.15, 0.2) is 24.5 Å². The SMILES string of the molecule is CC(C)(C)C(=O)OC[C@@H]1O[C@@H](Oc2ccncc2)[C@H](OC(=O)C(C)(C)C)[C@H](OC(=O)C(C)(C)C)[C@H]1OC(=O)C(C)(C)C. The molecule has 11 nitrogen and oxygen atoms in total. The maximum absolute atomic E-state index is 13.3. The summed E-state index contributed by atoms with van der Waals surface area (Å²) in [4.78, 5) is 56.3. The minimum absolute atomic E-state index is 0.322. The monoisotopic (exact) mass is 593 g/mol. The number of hydrogen-bond donors (Lipinski definition) is 0. The number of hydrogen-bond acceptors (Lipinski definition) is 11. The first-order valence-electron chi connectivity index (χ1n) is 14.0. The van der Waals surface area contributed by atoms with Crippen molar-refractivity contribution in [1.29, 1.82) is 0 Å². The molecular weight excluding hydrogens is 546 g/mol. The maximum atomic E-state index is 13.3. The molecule has 42 heavy (non-hydrogen) atoms. The summed E-state index contributed by atoms with van der Waals surface area (Å²) in [7, 11) is 0. The summed E-state index contributed by atoms with van der Waals surface area (Å²) in [6.07, 6.45) is -3.58. The Morgan fingerprint density at radius 3 is 1.48 bits per heavy atom. The highest BCUT2D eigenvalue weighted by atomic mass is 16.7. The van der Waals surface area contributed by atoms with Crippen molar-refractivity contribution in [2.45, 2.75) is 114 Å². The smallest absolute Gasteiger partial charge is 0.311 e. The predicted molar refractivity (Wildman–Crippen MR) is 152 cm³/mol. The van der Waals surface area contributed by atoms with Crippen molar-refractivity contribution in [3.05, 3.63) is 24.5 Å². The van der Waals surface area contributed by atoms with E-state index < -0.39 is 76.2 Å². The van der Waals surface area contributed by atoms with Gasteiger partial charge in [0.25, 0.3) is 0 Å². The Labute approximate surface area is 248 Å². The van der Waals surface area contributed by atoms with Crippen LogP contribution >= 0.6 is 0 Å². The van der Waals surface area contributed by atoms with Crippen LogP contribution in [0.4, 0.5) is 0 Å². The molecule has 11 heteroatoms. The normalized spacial score (nSPS) is 23.4. The van der Waals surface area contributed by atoms with Gasteiger partial charge in [-0.2, -0.15) is 0 Å². The molecule has 0 N–H and O–H groups in total. The second-order valence-electron chi connectivity index (χ2n) is 14.6. The van der Waals surface area contributed by atoms with Crippen LogP contribution < -0.4 is 4.74 Å². The molecule has 0 amide bonds. The van der Waals surface area contributed by atoms with Crippen molar-refractivity contribution in [2.75, 3.05) is 6.61 Å². The Morgan fingerprint density at radius 2 is 1.05 bits per heavy atom. The highest BCUT2D eigenvalue weighted by molar-refractivity contribution is 5.78. The van der Waals surface area contributed by atoms with E-state index in [0.29, 0.717) is 5.75 Å². The van der Waals surface area contributed by atoms with Gasteiger partial charge >= 0.3 is 23.9 Å². The largest absolute Gasteiger partial charge is 0.462 e. The van der Waals surface area contributed by atoms with E-state index >= 15 is 0 Å². The molecule has 1 aliphatic rings. The fourth-order valence-corrected chi connectivity index (χ4v) is 3.34. The molecule has 0 aromatic carbocycles. The number of esters is 4. The maximum Gasteiger partial charge on any atom is 0.311 e. The van der Waals surface area contributed by atoms with Crippen LogP contribution in [-0.2, 0) is 42.9 Å². The van der Waals surface area contributed by atoms with E-state index in [9.17, 15) is 19.2 Å². The number of ether oxygens (including phenoxy) is 6. The van der Waals surface area contributed by atoms with Gasteiger partial charge in [0.05, 0.1) is 21.7 Å². The number of carbonyl (C=O) groups is 4. The lowest BCUT2D eigenvalue weighted by Crippen LogP contribution is -2.64. The molecule has 0 bridgehead atoms. The van der Waals surface area contributed by atoms with E-state index in [1.807, 2.05) is 0 Å². The number of nitrogens with zero attached hydrogens (tertiary/aromatic N) is 1. The van der Waals surface area contributed by atoms with Crippen molar-refractivity contribution < 1.29 is 47.6 Å². The van der Waals surface area contributed by atoms with Gasteiger partial charge in [0.15, 0.2) is 12.2 Å². The Kier molecular flexibility index (Phi) is 10.8. The summed E-state index contributed by atoms with van der Waals surface area (Å²) in [6, 6.07) is 3.14. The predicted octanol–water partition coefficient (Wildman–Crippen LogP) is 4.65. The molecule has 1 saturated heterocycles. The van der Waals surface area contributed by atoms with E-state index in [1.165, 1.54) is 12.4 Å². The van der Waals surface area contributed by atoms with Gasteiger partial charge in [-0.3, -0.25) is 24.2 Å². The number of aromatic nitrogens is 1. The second kappa shape index (κ2) is 13.0. The van der Waals surface area contributed by atoms with Gasteiger partial charge in [0, 0.05) is 12.4 Å². The first kappa shape index (κ1) is 35.0.